The Morgan fingerprint density at radius 3 is 2.88 bits per heavy atom. The van der Waals surface area contributed by atoms with Crippen LogP contribution in [0.1, 0.15) is 12.0 Å². The van der Waals surface area contributed by atoms with Crippen LogP contribution in [0.25, 0.3) is 0 Å². The molecule has 0 spiro atoms. The molecule has 17 heavy (non-hydrogen) atoms. The largest absolute Gasteiger partial charge is 0.312 e. The summed E-state index contributed by atoms with van der Waals surface area (Å²) in [5, 5.41) is 9.15. The monoisotopic (exact) mass is 246 g/mol. The van der Waals surface area contributed by atoms with Crippen molar-refractivity contribution in [2.45, 2.75) is 6.42 Å². The Bertz CT molecular complexity index is 519. The first-order chi connectivity index (χ1) is 8.15. The summed E-state index contributed by atoms with van der Waals surface area (Å²) in [6.45, 7) is 4.33. The van der Waals surface area contributed by atoms with E-state index in [9.17, 15) is 4.79 Å². The quantitative estimate of drug-likeness (QED) is 0.753. The van der Waals surface area contributed by atoms with Crippen molar-refractivity contribution in [3.05, 3.63) is 41.4 Å². The van der Waals surface area contributed by atoms with Crippen molar-refractivity contribution in [3.63, 3.8) is 0 Å². The van der Waals surface area contributed by atoms with Crippen molar-refractivity contribution >= 4 is 23.2 Å². The van der Waals surface area contributed by atoms with Crippen LogP contribution in [0, 0.1) is 17.2 Å². The summed E-state index contributed by atoms with van der Waals surface area (Å²) < 4.78 is 0. The van der Waals surface area contributed by atoms with Gasteiger partial charge in [-0.2, -0.15) is 5.26 Å². The third-order valence-corrected chi connectivity index (χ3v) is 3.19. The first-order valence-corrected chi connectivity index (χ1v) is 5.66. The molecule has 0 bridgehead atoms. The topological polar surface area (TPSA) is 44.1 Å². The van der Waals surface area contributed by atoms with E-state index in [0.29, 0.717) is 23.6 Å². The number of amides is 1. The molecule has 0 saturated carbocycles. The number of nitrogens with zero attached hydrogens (tertiary/aromatic N) is 2. The van der Waals surface area contributed by atoms with Crippen LogP contribution < -0.4 is 4.90 Å². The van der Waals surface area contributed by atoms with Gasteiger partial charge in [0.15, 0.2) is 0 Å². The summed E-state index contributed by atoms with van der Waals surface area (Å²) in [5.74, 6) is 0.257. The van der Waals surface area contributed by atoms with E-state index in [4.69, 9.17) is 16.9 Å². The predicted molar refractivity (Wildman–Crippen MR) is 66.8 cm³/mol. The average Bonchev–Trinajstić information content (AvgIpc) is 2.70. The summed E-state index contributed by atoms with van der Waals surface area (Å²) in [5.41, 5.74) is 1.16. The van der Waals surface area contributed by atoms with Crippen molar-refractivity contribution in [1.29, 1.82) is 5.26 Å². The molecule has 0 aromatic heterocycles. The first-order valence-electron chi connectivity index (χ1n) is 5.28. The van der Waals surface area contributed by atoms with E-state index in [1.54, 1.807) is 29.2 Å². The highest BCUT2D eigenvalue weighted by Gasteiger charge is 2.28. The second-order valence-electron chi connectivity index (χ2n) is 3.98. The fraction of sp³-hybridized carbons (Fsp3) is 0.231. The molecule has 0 radical (unpaired) electrons. The fourth-order valence-electron chi connectivity index (χ4n) is 1.91. The minimum Gasteiger partial charge on any atom is -0.312 e. The van der Waals surface area contributed by atoms with Gasteiger partial charge < -0.3 is 4.90 Å². The first kappa shape index (κ1) is 11.7. The van der Waals surface area contributed by atoms with Gasteiger partial charge in [0.05, 0.1) is 10.6 Å². The van der Waals surface area contributed by atoms with Crippen LogP contribution in [0.15, 0.2) is 30.9 Å². The zero-order valence-corrected chi connectivity index (χ0v) is 9.94. The van der Waals surface area contributed by atoms with Gasteiger partial charge in [-0.25, -0.2) is 0 Å². The molecule has 1 heterocycles. The van der Waals surface area contributed by atoms with Crippen molar-refractivity contribution < 1.29 is 4.79 Å². The lowest BCUT2D eigenvalue weighted by molar-refractivity contribution is -0.117. The van der Waals surface area contributed by atoms with Gasteiger partial charge >= 0.3 is 0 Å². The van der Waals surface area contributed by atoms with Gasteiger partial charge in [0.2, 0.25) is 5.91 Å². The number of rotatable bonds is 2. The molecule has 1 unspecified atom stereocenters. The highest BCUT2D eigenvalue weighted by molar-refractivity contribution is 6.32. The van der Waals surface area contributed by atoms with Gasteiger partial charge in [0, 0.05) is 24.6 Å². The SMILES string of the molecule is C=CC1CC(=O)N(c2ccc(C#N)c(Cl)c2)C1. The van der Waals surface area contributed by atoms with Gasteiger partial charge in [-0.3, -0.25) is 4.79 Å². The lowest BCUT2D eigenvalue weighted by Gasteiger charge is -2.16. The predicted octanol–water partition coefficient (Wildman–Crippen LogP) is 2.75. The van der Waals surface area contributed by atoms with Crippen LogP contribution in [0.2, 0.25) is 5.02 Å². The fourth-order valence-corrected chi connectivity index (χ4v) is 2.12. The molecule has 86 valence electrons. The van der Waals surface area contributed by atoms with Crippen molar-refractivity contribution in [1.82, 2.24) is 0 Å². The van der Waals surface area contributed by atoms with Gasteiger partial charge in [0.1, 0.15) is 6.07 Å². The maximum atomic E-state index is 11.8. The second-order valence-corrected chi connectivity index (χ2v) is 4.39. The van der Waals surface area contributed by atoms with E-state index in [1.165, 1.54) is 0 Å². The molecular weight excluding hydrogens is 236 g/mol. The van der Waals surface area contributed by atoms with Crippen LogP contribution in [0.5, 0.6) is 0 Å². The normalized spacial score (nSPS) is 19.2. The van der Waals surface area contributed by atoms with E-state index in [2.05, 4.69) is 6.58 Å². The Hall–Kier alpha value is -1.79. The number of benzene rings is 1. The molecule has 0 N–H and O–H groups in total. The molecule has 1 saturated heterocycles. The molecule has 4 heteroatoms. The molecule has 2 rings (SSSR count). The molecule has 1 aromatic carbocycles. The van der Waals surface area contributed by atoms with Crippen molar-refractivity contribution in [3.8, 4) is 6.07 Å². The average molecular weight is 247 g/mol. The van der Waals surface area contributed by atoms with Crippen LogP contribution in [0.4, 0.5) is 5.69 Å². The second kappa shape index (κ2) is 4.60. The molecule has 1 aliphatic heterocycles. The van der Waals surface area contributed by atoms with Crippen LogP contribution in [-0.4, -0.2) is 12.5 Å². The van der Waals surface area contributed by atoms with Crippen LogP contribution in [0.3, 0.4) is 0 Å². The summed E-state index contributed by atoms with van der Waals surface area (Å²) in [6.07, 6.45) is 2.28. The Balaban J connectivity index is 2.30. The van der Waals surface area contributed by atoms with Gasteiger partial charge in [-0.15, -0.1) is 6.58 Å². The molecule has 0 aliphatic carbocycles. The third kappa shape index (κ3) is 2.17. The lowest BCUT2D eigenvalue weighted by Crippen LogP contribution is -2.24. The molecule has 1 aromatic rings. The van der Waals surface area contributed by atoms with E-state index in [0.717, 1.165) is 5.69 Å². The Labute approximate surface area is 105 Å². The van der Waals surface area contributed by atoms with Crippen molar-refractivity contribution in [2.24, 2.45) is 5.92 Å². The number of carbonyl (C=O) groups is 1. The minimum atomic E-state index is 0.0654. The summed E-state index contributed by atoms with van der Waals surface area (Å²) in [4.78, 5) is 13.5. The highest BCUT2D eigenvalue weighted by atomic mass is 35.5. The molecule has 1 atom stereocenters. The molecule has 1 amide bonds. The molecule has 1 fully saturated rings. The van der Waals surface area contributed by atoms with Gasteiger partial charge in [0.25, 0.3) is 0 Å². The molecule has 3 nitrogen and oxygen atoms in total. The number of carbonyl (C=O) groups excluding carboxylic acids is 1. The number of halogens is 1. The number of anilines is 1. The molecule has 1 aliphatic rings. The smallest absolute Gasteiger partial charge is 0.227 e. The van der Waals surface area contributed by atoms with Crippen LogP contribution in [-0.2, 0) is 4.79 Å². The standard InChI is InChI=1S/C13H11ClN2O/c1-2-9-5-13(17)16(8-9)11-4-3-10(7-15)12(14)6-11/h2-4,6,9H,1,5,8H2. The maximum absolute atomic E-state index is 11.8. The third-order valence-electron chi connectivity index (χ3n) is 2.87. The van der Waals surface area contributed by atoms with Gasteiger partial charge in [-0.1, -0.05) is 17.7 Å². The van der Waals surface area contributed by atoms with Crippen molar-refractivity contribution in [2.75, 3.05) is 11.4 Å². The zero-order chi connectivity index (χ0) is 12.4. The summed E-state index contributed by atoms with van der Waals surface area (Å²) in [7, 11) is 0. The Morgan fingerprint density at radius 1 is 1.59 bits per heavy atom. The van der Waals surface area contributed by atoms with E-state index in [-0.39, 0.29) is 11.8 Å². The van der Waals surface area contributed by atoms with E-state index < -0.39 is 0 Å². The number of hydrogen-bond acceptors (Lipinski definition) is 2. The highest BCUT2D eigenvalue weighted by Crippen LogP contribution is 2.28. The summed E-state index contributed by atoms with van der Waals surface area (Å²) >= 11 is 5.95. The minimum absolute atomic E-state index is 0.0654. The molecular formula is C13H11ClN2O. The van der Waals surface area contributed by atoms with E-state index >= 15 is 0 Å². The van der Waals surface area contributed by atoms with E-state index in [1.807, 2.05) is 6.07 Å². The summed E-state index contributed by atoms with van der Waals surface area (Å²) in [6, 6.07) is 7.02. The zero-order valence-electron chi connectivity index (χ0n) is 9.19. The number of nitriles is 1. The number of hydrogen-bond donors (Lipinski definition) is 0. The maximum Gasteiger partial charge on any atom is 0.227 e. The van der Waals surface area contributed by atoms with Gasteiger partial charge in [-0.05, 0) is 18.2 Å². The van der Waals surface area contributed by atoms with Crippen LogP contribution >= 0.6 is 11.6 Å². The lowest BCUT2D eigenvalue weighted by atomic mass is 10.1. The Kier molecular flexibility index (Phi) is 3.16. The Morgan fingerprint density at radius 2 is 2.35 bits per heavy atom.